The smallest absolute Gasteiger partial charge is 0.407 e. The van der Waals surface area contributed by atoms with E-state index in [1.807, 2.05) is 50.9 Å². The van der Waals surface area contributed by atoms with Gasteiger partial charge in [-0.15, -0.1) is 10.2 Å². The lowest BCUT2D eigenvalue weighted by Gasteiger charge is -2.41. The van der Waals surface area contributed by atoms with Crippen LogP contribution < -0.4 is 4.90 Å². The topological polar surface area (TPSA) is 116 Å². The zero-order chi connectivity index (χ0) is 23.4. The van der Waals surface area contributed by atoms with E-state index >= 15 is 0 Å². The van der Waals surface area contributed by atoms with E-state index in [2.05, 4.69) is 36.5 Å². The first-order valence-electron chi connectivity index (χ1n) is 11.5. The fourth-order valence-corrected chi connectivity index (χ4v) is 5.68. The highest BCUT2D eigenvalue weighted by molar-refractivity contribution is 6.01. The first-order valence-corrected chi connectivity index (χ1v) is 11.5. The number of nitrogens with one attached hydrogen (secondary N) is 1. The molecule has 10 nitrogen and oxygen atoms in total. The number of H-pyrrole nitrogens is 1. The van der Waals surface area contributed by atoms with Gasteiger partial charge in [-0.25, -0.2) is 4.79 Å². The highest BCUT2D eigenvalue weighted by atomic mass is 16.4. The van der Waals surface area contributed by atoms with Crippen LogP contribution in [-0.4, -0.2) is 71.4 Å². The van der Waals surface area contributed by atoms with Gasteiger partial charge in [0.05, 0.1) is 23.6 Å². The second-order valence-electron chi connectivity index (χ2n) is 9.31. The maximum atomic E-state index is 11.6. The van der Waals surface area contributed by atoms with Crippen LogP contribution in [0.1, 0.15) is 25.7 Å². The molecule has 2 aliphatic heterocycles. The van der Waals surface area contributed by atoms with Crippen LogP contribution in [0.2, 0.25) is 0 Å². The number of anilines is 1. The Morgan fingerprint density at radius 2 is 1.85 bits per heavy atom. The van der Waals surface area contributed by atoms with Crippen LogP contribution in [0.15, 0.2) is 42.9 Å². The van der Waals surface area contributed by atoms with Gasteiger partial charge in [-0.05, 0) is 49.4 Å². The number of fused-ring (bicyclic) bond motifs is 3. The third kappa shape index (κ3) is 3.28. The third-order valence-electron chi connectivity index (χ3n) is 7.40. The molecule has 2 N–H and O–H groups in total. The van der Waals surface area contributed by atoms with Crippen molar-refractivity contribution in [3.63, 3.8) is 0 Å². The number of amides is 1. The van der Waals surface area contributed by atoms with Crippen molar-refractivity contribution >= 4 is 22.8 Å². The molecule has 2 aliphatic rings. The molecule has 0 unspecified atom stereocenters. The van der Waals surface area contributed by atoms with E-state index in [-0.39, 0.29) is 18.1 Å². The van der Waals surface area contributed by atoms with E-state index in [1.54, 1.807) is 9.58 Å². The Morgan fingerprint density at radius 3 is 2.50 bits per heavy atom. The zero-order valence-electron chi connectivity index (χ0n) is 19.1. The van der Waals surface area contributed by atoms with E-state index in [9.17, 15) is 9.90 Å². The average Bonchev–Trinajstić information content (AvgIpc) is 3.56. The number of carbonyl (C=O) groups is 1. The first-order chi connectivity index (χ1) is 16.5. The van der Waals surface area contributed by atoms with Gasteiger partial charge in [0.2, 0.25) is 0 Å². The van der Waals surface area contributed by atoms with Gasteiger partial charge in [-0.2, -0.15) is 10.2 Å². The second-order valence-corrected chi connectivity index (χ2v) is 9.31. The van der Waals surface area contributed by atoms with Gasteiger partial charge in [0.1, 0.15) is 0 Å². The first kappa shape index (κ1) is 20.6. The van der Waals surface area contributed by atoms with E-state index in [1.165, 1.54) is 0 Å². The monoisotopic (exact) mass is 458 g/mol. The summed E-state index contributed by atoms with van der Waals surface area (Å²) in [4.78, 5) is 15.4. The largest absolute Gasteiger partial charge is 0.465 e. The molecule has 2 saturated heterocycles. The normalized spacial score (nSPS) is 21.8. The van der Waals surface area contributed by atoms with Crippen LogP contribution in [0.25, 0.3) is 33.3 Å². The molecule has 0 spiro atoms. The van der Waals surface area contributed by atoms with E-state index in [4.69, 9.17) is 0 Å². The van der Waals surface area contributed by atoms with Gasteiger partial charge in [-0.3, -0.25) is 9.78 Å². The van der Waals surface area contributed by atoms with Gasteiger partial charge in [0, 0.05) is 54.9 Å². The Labute approximate surface area is 196 Å². The van der Waals surface area contributed by atoms with Crippen molar-refractivity contribution in [2.75, 3.05) is 11.9 Å². The minimum Gasteiger partial charge on any atom is -0.465 e. The Hall–Kier alpha value is -3.95. The second kappa shape index (κ2) is 7.82. The molecule has 34 heavy (non-hydrogen) atoms. The third-order valence-corrected chi connectivity index (χ3v) is 7.40. The predicted molar refractivity (Wildman–Crippen MR) is 127 cm³/mol. The molecule has 3 aromatic heterocycles. The molecule has 6 rings (SSSR count). The Morgan fingerprint density at radius 1 is 1.09 bits per heavy atom. The summed E-state index contributed by atoms with van der Waals surface area (Å²) in [5.41, 5.74) is 4.72. The van der Waals surface area contributed by atoms with Crippen LogP contribution in [0.4, 0.5) is 10.6 Å². The van der Waals surface area contributed by atoms with E-state index in [0.717, 1.165) is 64.8 Å². The summed E-state index contributed by atoms with van der Waals surface area (Å²) in [6.07, 6.45) is 8.41. The molecule has 1 amide bonds. The van der Waals surface area contributed by atoms with Crippen LogP contribution in [-0.2, 0) is 7.05 Å². The number of nitrogens with zero attached hydrogens (tertiary/aromatic N) is 7. The molecule has 1 aromatic carbocycles. The lowest BCUT2D eigenvalue weighted by atomic mass is 9.96. The summed E-state index contributed by atoms with van der Waals surface area (Å²) >= 11 is 0. The molecule has 0 radical (unpaired) electrons. The molecule has 0 saturated carbocycles. The fraction of sp³-hybridized carbons (Fsp3) is 0.375. The van der Waals surface area contributed by atoms with Crippen LogP contribution >= 0.6 is 0 Å². The number of hydrogen-bond acceptors (Lipinski definition) is 6. The molecule has 3 atom stereocenters. The number of aromatic amines is 1. The minimum absolute atomic E-state index is 0.0999. The van der Waals surface area contributed by atoms with Gasteiger partial charge in [-0.1, -0.05) is 6.07 Å². The van der Waals surface area contributed by atoms with Gasteiger partial charge in [0.25, 0.3) is 0 Å². The van der Waals surface area contributed by atoms with Crippen molar-refractivity contribution < 1.29 is 9.90 Å². The number of aromatic nitrogens is 6. The summed E-state index contributed by atoms with van der Waals surface area (Å²) in [6, 6.07) is 8.54. The van der Waals surface area contributed by atoms with Gasteiger partial charge < -0.3 is 14.9 Å². The van der Waals surface area contributed by atoms with Crippen molar-refractivity contribution in [2.45, 2.75) is 43.8 Å². The highest BCUT2D eigenvalue weighted by Crippen LogP contribution is 2.38. The molecular formula is C24H26N8O2. The molecule has 2 fully saturated rings. The van der Waals surface area contributed by atoms with Crippen molar-refractivity contribution in [1.29, 1.82) is 0 Å². The average molecular weight is 459 g/mol. The van der Waals surface area contributed by atoms with Gasteiger partial charge in [0.15, 0.2) is 5.82 Å². The molecule has 2 bridgehead atoms. The zero-order valence-corrected chi connectivity index (χ0v) is 19.1. The molecular weight excluding hydrogens is 432 g/mol. The Balaban J connectivity index is 1.25. The SMILES string of the molecule is CN(c1ccc(-c2ccc(-c3cnn(C)c3)c3cn[nH]c23)nn1)[C@H]1C[C@H]2CC[C@@H](C1)N2C(=O)O. The van der Waals surface area contributed by atoms with Crippen molar-refractivity contribution in [3.8, 4) is 22.4 Å². The summed E-state index contributed by atoms with van der Waals surface area (Å²) in [5, 5.41) is 31.3. The number of rotatable bonds is 4. The number of carboxylic acid groups (broad SMARTS) is 1. The summed E-state index contributed by atoms with van der Waals surface area (Å²) in [7, 11) is 3.93. The van der Waals surface area contributed by atoms with Crippen LogP contribution in [0.3, 0.4) is 0 Å². The lowest BCUT2D eigenvalue weighted by Crippen LogP contribution is -2.51. The number of benzene rings is 1. The highest BCUT2D eigenvalue weighted by Gasteiger charge is 2.44. The molecule has 174 valence electrons. The molecule has 0 aliphatic carbocycles. The minimum atomic E-state index is -0.794. The number of piperidine rings is 1. The molecule has 5 heterocycles. The van der Waals surface area contributed by atoms with Crippen molar-refractivity contribution in [3.05, 3.63) is 42.9 Å². The van der Waals surface area contributed by atoms with Crippen LogP contribution in [0, 0.1) is 0 Å². The summed E-state index contributed by atoms with van der Waals surface area (Å²) in [5.74, 6) is 0.796. The number of hydrogen-bond donors (Lipinski definition) is 2. The quantitative estimate of drug-likeness (QED) is 0.481. The standard InChI is InChI=1S/C24H26N8O2/c1-30-13-14(11-26-30)18-5-6-19(23-20(18)12-25-29-23)21-7-8-22(28-27-21)31(2)17-9-15-3-4-16(10-17)32(15)24(33)34/h5-8,11-13,15-17H,3-4,9-10H2,1-2H3,(H,25,29)(H,33,34)/t15-,16+,17+. The molecule has 10 heteroatoms. The Kier molecular flexibility index (Phi) is 4.75. The Bertz CT molecular complexity index is 1350. The molecule has 4 aromatic rings. The van der Waals surface area contributed by atoms with E-state index in [0.29, 0.717) is 0 Å². The lowest BCUT2D eigenvalue weighted by molar-refractivity contribution is 0.0965. The van der Waals surface area contributed by atoms with E-state index < -0.39 is 6.09 Å². The van der Waals surface area contributed by atoms with Gasteiger partial charge >= 0.3 is 6.09 Å². The maximum absolute atomic E-state index is 11.6. The summed E-state index contributed by atoms with van der Waals surface area (Å²) < 4.78 is 1.78. The van der Waals surface area contributed by atoms with Crippen molar-refractivity contribution in [1.82, 2.24) is 35.1 Å². The predicted octanol–water partition coefficient (Wildman–Crippen LogP) is 3.53. The summed E-state index contributed by atoms with van der Waals surface area (Å²) in [6.45, 7) is 0. The number of aryl methyl sites for hydroxylation is 1. The van der Waals surface area contributed by atoms with Crippen LogP contribution in [0.5, 0.6) is 0 Å². The fourth-order valence-electron chi connectivity index (χ4n) is 5.68. The van der Waals surface area contributed by atoms with Crippen molar-refractivity contribution in [2.24, 2.45) is 7.05 Å². The maximum Gasteiger partial charge on any atom is 0.407 e.